The molecule has 0 spiro atoms. The molecule has 3 aromatic rings. The molecule has 0 heterocycles. The lowest BCUT2D eigenvalue weighted by Crippen LogP contribution is -2.18. The molecule has 0 aromatic heterocycles. The number of rotatable bonds is 7. The predicted molar refractivity (Wildman–Crippen MR) is 133 cm³/mol. The number of aryl methyl sites for hydroxylation is 2. The highest BCUT2D eigenvalue weighted by molar-refractivity contribution is 5.91. The molecule has 5 nitrogen and oxygen atoms in total. The number of esters is 1. The van der Waals surface area contributed by atoms with Crippen molar-refractivity contribution in [3.05, 3.63) is 89.0 Å². The predicted octanol–water partition coefficient (Wildman–Crippen LogP) is 7.43. The second-order valence-electron chi connectivity index (χ2n) is 9.33. The van der Waals surface area contributed by atoms with Crippen LogP contribution < -0.4 is 14.2 Å². The summed E-state index contributed by atoms with van der Waals surface area (Å²) in [6.45, 7) is 10.1. The van der Waals surface area contributed by atoms with E-state index in [1.807, 2.05) is 24.3 Å². The van der Waals surface area contributed by atoms with Gasteiger partial charge in [0.05, 0.1) is 5.56 Å². The van der Waals surface area contributed by atoms with Crippen LogP contribution in [0.5, 0.6) is 17.2 Å². The van der Waals surface area contributed by atoms with Gasteiger partial charge in [-0.2, -0.15) is 0 Å². The fraction of sp³-hybridized carbons (Fsp3) is 0.310. The highest BCUT2D eigenvalue weighted by Crippen LogP contribution is 2.37. The van der Waals surface area contributed by atoms with Crippen LogP contribution in [-0.2, 0) is 11.8 Å². The summed E-state index contributed by atoms with van der Waals surface area (Å²) < 4.78 is 16.5. The SMILES string of the molecule is CCCCc1ccc(C(=O)Oc2cc(C(C)(C)C)cc(C)c2OC(=O)Oc2ccccc2)cc1. The molecule has 0 atom stereocenters. The third-order valence-corrected chi connectivity index (χ3v) is 5.45. The summed E-state index contributed by atoms with van der Waals surface area (Å²) in [6.07, 6.45) is 2.28. The number of benzene rings is 3. The Morgan fingerprint density at radius 3 is 2.15 bits per heavy atom. The maximum atomic E-state index is 12.9. The van der Waals surface area contributed by atoms with Gasteiger partial charge in [-0.3, -0.25) is 0 Å². The van der Waals surface area contributed by atoms with E-state index in [1.54, 1.807) is 49.4 Å². The summed E-state index contributed by atoms with van der Waals surface area (Å²) in [4.78, 5) is 25.4. The number of hydrogen-bond donors (Lipinski definition) is 0. The van der Waals surface area contributed by atoms with Gasteiger partial charge in [0.15, 0.2) is 11.5 Å². The summed E-state index contributed by atoms with van der Waals surface area (Å²) in [7, 11) is 0. The third-order valence-electron chi connectivity index (χ3n) is 5.45. The molecule has 0 amide bonds. The van der Waals surface area contributed by atoms with Crippen molar-refractivity contribution in [1.29, 1.82) is 0 Å². The van der Waals surface area contributed by atoms with Crippen molar-refractivity contribution >= 4 is 12.1 Å². The molecular formula is C29H32O5. The van der Waals surface area contributed by atoms with Crippen molar-refractivity contribution in [3.8, 4) is 17.2 Å². The Morgan fingerprint density at radius 2 is 1.53 bits per heavy atom. The fourth-order valence-corrected chi connectivity index (χ4v) is 3.42. The first-order chi connectivity index (χ1) is 16.2. The van der Waals surface area contributed by atoms with Crippen molar-refractivity contribution < 1.29 is 23.8 Å². The van der Waals surface area contributed by atoms with Crippen LogP contribution in [0.3, 0.4) is 0 Å². The summed E-state index contributed by atoms with van der Waals surface area (Å²) in [5.74, 6) is 0.170. The van der Waals surface area contributed by atoms with Crippen molar-refractivity contribution in [2.45, 2.75) is 59.3 Å². The van der Waals surface area contributed by atoms with Crippen LogP contribution in [-0.4, -0.2) is 12.1 Å². The maximum absolute atomic E-state index is 12.9. The molecule has 5 heteroatoms. The van der Waals surface area contributed by atoms with Gasteiger partial charge in [-0.25, -0.2) is 9.59 Å². The zero-order chi connectivity index (χ0) is 24.7. The minimum atomic E-state index is -0.907. The molecule has 0 radical (unpaired) electrons. The summed E-state index contributed by atoms with van der Waals surface area (Å²) >= 11 is 0. The van der Waals surface area contributed by atoms with Crippen LogP contribution in [0.25, 0.3) is 0 Å². The number of carbonyl (C=O) groups excluding carboxylic acids is 2. The van der Waals surface area contributed by atoms with E-state index in [0.717, 1.165) is 24.8 Å². The standard InChI is InChI=1S/C29H32O5/c1-6-7-11-21-14-16-22(17-15-21)27(30)33-25-19-23(29(3,4)5)18-20(2)26(25)34-28(31)32-24-12-9-8-10-13-24/h8-10,12-19H,6-7,11H2,1-5H3. The van der Waals surface area contributed by atoms with Crippen molar-refractivity contribution in [3.63, 3.8) is 0 Å². The Labute approximate surface area is 201 Å². The molecule has 0 unspecified atom stereocenters. The average Bonchev–Trinajstić information content (AvgIpc) is 2.80. The second kappa shape index (κ2) is 11.0. The van der Waals surface area contributed by atoms with Gasteiger partial charge in [-0.05, 0) is 72.2 Å². The highest BCUT2D eigenvalue weighted by Gasteiger charge is 2.23. The number of ether oxygens (including phenoxy) is 3. The first-order valence-corrected chi connectivity index (χ1v) is 11.6. The van der Waals surface area contributed by atoms with Gasteiger partial charge in [0.2, 0.25) is 0 Å². The Hall–Kier alpha value is -3.60. The topological polar surface area (TPSA) is 61.8 Å². The van der Waals surface area contributed by atoms with Crippen LogP contribution in [0.15, 0.2) is 66.7 Å². The van der Waals surface area contributed by atoms with E-state index in [4.69, 9.17) is 14.2 Å². The first-order valence-electron chi connectivity index (χ1n) is 11.6. The van der Waals surface area contributed by atoms with Gasteiger partial charge in [-0.1, -0.05) is 70.5 Å². The molecule has 34 heavy (non-hydrogen) atoms. The van der Waals surface area contributed by atoms with E-state index in [9.17, 15) is 9.59 Å². The van der Waals surface area contributed by atoms with Crippen LogP contribution in [0.2, 0.25) is 0 Å². The van der Waals surface area contributed by atoms with Gasteiger partial charge in [0.1, 0.15) is 5.75 Å². The van der Waals surface area contributed by atoms with Crippen molar-refractivity contribution in [2.75, 3.05) is 0 Å². The van der Waals surface area contributed by atoms with Gasteiger partial charge in [0.25, 0.3) is 0 Å². The van der Waals surface area contributed by atoms with E-state index in [1.165, 1.54) is 5.56 Å². The van der Waals surface area contributed by atoms with Crippen molar-refractivity contribution in [2.24, 2.45) is 0 Å². The summed E-state index contributed by atoms with van der Waals surface area (Å²) in [5, 5.41) is 0. The van der Waals surface area contributed by atoms with Gasteiger partial charge >= 0.3 is 12.1 Å². The molecule has 178 valence electrons. The van der Waals surface area contributed by atoms with E-state index in [-0.39, 0.29) is 16.9 Å². The Kier molecular flexibility index (Phi) is 8.11. The molecule has 3 aromatic carbocycles. The molecule has 0 aliphatic rings. The van der Waals surface area contributed by atoms with Crippen LogP contribution in [0.4, 0.5) is 4.79 Å². The minimum Gasteiger partial charge on any atom is -0.419 e. The maximum Gasteiger partial charge on any atom is 0.519 e. The number of hydrogen-bond acceptors (Lipinski definition) is 5. The molecule has 3 rings (SSSR count). The zero-order valence-electron chi connectivity index (χ0n) is 20.5. The highest BCUT2D eigenvalue weighted by atomic mass is 16.7. The van der Waals surface area contributed by atoms with Crippen LogP contribution in [0.1, 0.15) is 67.6 Å². The Balaban J connectivity index is 1.86. The summed E-state index contributed by atoms with van der Waals surface area (Å²) in [6, 6.07) is 19.7. The smallest absolute Gasteiger partial charge is 0.419 e. The first kappa shape index (κ1) is 25.0. The quantitative estimate of drug-likeness (QED) is 0.208. The fourth-order valence-electron chi connectivity index (χ4n) is 3.42. The number of carbonyl (C=O) groups is 2. The molecule has 0 aliphatic carbocycles. The lowest BCUT2D eigenvalue weighted by molar-refractivity contribution is 0.0726. The van der Waals surface area contributed by atoms with E-state index < -0.39 is 12.1 Å². The molecule has 0 aliphatic heterocycles. The molecule has 0 N–H and O–H groups in total. The largest absolute Gasteiger partial charge is 0.519 e. The van der Waals surface area contributed by atoms with Gasteiger partial charge in [-0.15, -0.1) is 0 Å². The Bertz CT molecular complexity index is 1130. The lowest BCUT2D eigenvalue weighted by Gasteiger charge is -2.22. The van der Waals surface area contributed by atoms with E-state index >= 15 is 0 Å². The van der Waals surface area contributed by atoms with Gasteiger partial charge < -0.3 is 14.2 Å². The second-order valence-corrected chi connectivity index (χ2v) is 9.33. The molecule has 0 bridgehead atoms. The van der Waals surface area contributed by atoms with E-state index in [0.29, 0.717) is 16.9 Å². The average molecular weight is 461 g/mol. The van der Waals surface area contributed by atoms with Crippen LogP contribution >= 0.6 is 0 Å². The number of unbranched alkanes of at least 4 members (excludes halogenated alkanes) is 1. The molecule has 0 saturated carbocycles. The van der Waals surface area contributed by atoms with Crippen LogP contribution in [0, 0.1) is 6.92 Å². The zero-order valence-corrected chi connectivity index (χ0v) is 20.5. The molecular weight excluding hydrogens is 428 g/mol. The third kappa shape index (κ3) is 6.70. The van der Waals surface area contributed by atoms with Gasteiger partial charge in [0, 0.05) is 0 Å². The molecule has 0 fully saturated rings. The van der Waals surface area contributed by atoms with E-state index in [2.05, 4.69) is 27.7 Å². The number of para-hydroxylation sites is 1. The lowest BCUT2D eigenvalue weighted by atomic mass is 9.86. The molecule has 0 saturated heterocycles. The Morgan fingerprint density at radius 1 is 0.853 bits per heavy atom. The van der Waals surface area contributed by atoms with Crippen molar-refractivity contribution in [1.82, 2.24) is 0 Å². The minimum absolute atomic E-state index is 0.154. The monoisotopic (exact) mass is 460 g/mol. The summed E-state index contributed by atoms with van der Waals surface area (Å²) in [5.41, 5.74) is 3.02. The normalized spacial score (nSPS) is 11.1.